The number of ether oxygens (including phenoxy) is 1. The van der Waals surface area contributed by atoms with Gasteiger partial charge in [-0.1, -0.05) is 17.7 Å². The largest absolute Gasteiger partial charge is 0.449 e. The lowest BCUT2D eigenvalue weighted by atomic mass is 10.1. The first kappa shape index (κ1) is 22.1. The monoisotopic (exact) mass is 440 g/mol. The van der Waals surface area contributed by atoms with Crippen LogP contribution in [0, 0.1) is 18.3 Å². The Labute approximate surface area is 179 Å². The van der Waals surface area contributed by atoms with Crippen LogP contribution >= 0.6 is 0 Å². The van der Waals surface area contributed by atoms with Crippen LogP contribution in [0.2, 0.25) is 0 Å². The van der Waals surface area contributed by atoms with Crippen molar-refractivity contribution in [2.75, 3.05) is 6.54 Å². The third-order valence-corrected chi connectivity index (χ3v) is 5.74. The number of benzene rings is 2. The van der Waals surface area contributed by atoms with E-state index < -0.39 is 22.1 Å². The molecule has 0 amide bonds. The Morgan fingerprint density at radius 1 is 1.23 bits per heavy atom. The molecule has 10 heteroatoms. The Kier molecular flexibility index (Phi) is 6.79. The Hall–Kier alpha value is -3.55. The van der Waals surface area contributed by atoms with Crippen LogP contribution in [-0.2, 0) is 14.8 Å². The molecule has 160 valence electrons. The Morgan fingerprint density at radius 2 is 1.97 bits per heavy atom. The molecule has 1 heterocycles. The smallest absolute Gasteiger partial charge is 0.338 e. The van der Waals surface area contributed by atoms with Crippen molar-refractivity contribution in [3.63, 3.8) is 0 Å². The molecule has 0 aliphatic heterocycles. The molecule has 0 fully saturated rings. The first-order valence-electron chi connectivity index (χ1n) is 9.38. The Morgan fingerprint density at radius 3 is 2.65 bits per heavy atom. The topological polar surface area (TPSA) is 135 Å². The van der Waals surface area contributed by atoms with Crippen molar-refractivity contribution in [1.29, 1.82) is 5.26 Å². The number of sulfonamides is 1. The predicted molar refractivity (Wildman–Crippen MR) is 110 cm³/mol. The number of aromatic nitrogens is 2. The Balaban J connectivity index is 1.66. The molecule has 9 nitrogen and oxygen atoms in total. The van der Waals surface area contributed by atoms with Gasteiger partial charge in [-0.15, -0.1) is 10.2 Å². The van der Waals surface area contributed by atoms with E-state index in [1.165, 1.54) is 24.3 Å². The highest BCUT2D eigenvalue weighted by molar-refractivity contribution is 7.89. The maximum atomic E-state index is 12.4. The number of nitrogens with zero attached hydrogens (tertiary/aromatic N) is 3. The average Bonchev–Trinajstić information content (AvgIpc) is 3.24. The zero-order valence-electron chi connectivity index (χ0n) is 16.9. The molecule has 0 bridgehead atoms. The van der Waals surface area contributed by atoms with Crippen LogP contribution < -0.4 is 4.72 Å². The van der Waals surface area contributed by atoms with Gasteiger partial charge in [0.2, 0.25) is 15.9 Å². The van der Waals surface area contributed by atoms with E-state index in [0.29, 0.717) is 5.89 Å². The van der Waals surface area contributed by atoms with Crippen LogP contribution in [0.5, 0.6) is 0 Å². The summed E-state index contributed by atoms with van der Waals surface area (Å²) >= 11 is 0. The number of carbonyl (C=O) groups excluding carboxylic acids is 1. The van der Waals surface area contributed by atoms with E-state index >= 15 is 0 Å². The molecule has 1 aromatic heterocycles. The normalized spacial score (nSPS) is 12.2. The summed E-state index contributed by atoms with van der Waals surface area (Å²) in [6, 6.07) is 14.7. The lowest BCUT2D eigenvalue weighted by Crippen LogP contribution is -2.24. The number of aryl methyl sites for hydroxylation is 1. The van der Waals surface area contributed by atoms with E-state index in [2.05, 4.69) is 14.9 Å². The molecular formula is C21H20N4O5S. The SMILES string of the molecule is Cc1cccc(-c2nnc(C(C)OC(=O)c3ccc(S(=O)(=O)NCCC#N)cc3)o2)c1. The molecule has 1 unspecified atom stereocenters. The van der Waals surface area contributed by atoms with E-state index in [-0.39, 0.29) is 29.3 Å². The zero-order chi connectivity index (χ0) is 22.4. The summed E-state index contributed by atoms with van der Waals surface area (Å²) in [7, 11) is -3.75. The first-order chi connectivity index (χ1) is 14.8. The highest BCUT2D eigenvalue weighted by Crippen LogP contribution is 2.24. The van der Waals surface area contributed by atoms with Gasteiger partial charge < -0.3 is 9.15 Å². The van der Waals surface area contributed by atoms with Gasteiger partial charge in [0.1, 0.15) is 0 Å². The minimum atomic E-state index is -3.75. The van der Waals surface area contributed by atoms with E-state index in [1.807, 2.05) is 37.3 Å². The van der Waals surface area contributed by atoms with Crippen molar-refractivity contribution in [1.82, 2.24) is 14.9 Å². The maximum Gasteiger partial charge on any atom is 0.338 e. The number of hydrogen-bond donors (Lipinski definition) is 1. The summed E-state index contributed by atoms with van der Waals surface area (Å²) in [4.78, 5) is 12.4. The molecule has 2 aromatic carbocycles. The fourth-order valence-electron chi connectivity index (χ4n) is 2.67. The van der Waals surface area contributed by atoms with Crippen LogP contribution in [0.4, 0.5) is 0 Å². The predicted octanol–water partition coefficient (Wildman–Crippen LogP) is 3.16. The van der Waals surface area contributed by atoms with Crippen molar-refractivity contribution in [3.05, 3.63) is 65.5 Å². The molecule has 0 saturated carbocycles. The van der Waals surface area contributed by atoms with Crippen molar-refractivity contribution in [3.8, 4) is 17.5 Å². The summed E-state index contributed by atoms with van der Waals surface area (Å²) in [5, 5.41) is 16.4. The molecule has 0 radical (unpaired) electrons. The van der Waals surface area contributed by atoms with E-state index in [1.54, 1.807) is 6.92 Å². The van der Waals surface area contributed by atoms with Gasteiger partial charge in [-0.25, -0.2) is 17.9 Å². The van der Waals surface area contributed by atoms with Gasteiger partial charge in [0.15, 0.2) is 6.10 Å². The number of carbonyl (C=O) groups is 1. The average molecular weight is 440 g/mol. The molecule has 0 spiro atoms. The van der Waals surface area contributed by atoms with E-state index in [0.717, 1.165) is 11.1 Å². The molecule has 3 rings (SSSR count). The van der Waals surface area contributed by atoms with Crippen molar-refractivity contribution >= 4 is 16.0 Å². The maximum absolute atomic E-state index is 12.4. The quantitative estimate of drug-likeness (QED) is 0.417. The van der Waals surface area contributed by atoms with Gasteiger partial charge in [0, 0.05) is 18.5 Å². The van der Waals surface area contributed by atoms with Gasteiger partial charge in [0.05, 0.1) is 16.5 Å². The van der Waals surface area contributed by atoms with Crippen LogP contribution in [0.3, 0.4) is 0 Å². The van der Waals surface area contributed by atoms with Gasteiger partial charge in [0.25, 0.3) is 5.89 Å². The standard InChI is InChI=1S/C21H20N4O5S/c1-14-5-3-6-17(13-14)20-25-24-19(30-20)15(2)29-21(26)16-7-9-18(10-8-16)31(27,28)23-12-4-11-22/h3,5-10,13,15,23H,4,12H2,1-2H3. The van der Waals surface area contributed by atoms with Crippen molar-refractivity contribution in [2.45, 2.75) is 31.3 Å². The number of rotatable bonds is 8. The van der Waals surface area contributed by atoms with Crippen LogP contribution in [-0.4, -0.2) is 31.1 Å². The summed E-state index contributed by atoms with van der Waals surface area (Å²) in [6.45, 7) is 3.56. The molecule has 0 aliphatic rings. The lowest BCUT2D eigenvalue weighted by Gasteiger charge is -2.10. The second-order valence-electron chi connectivity index (χ2n) is 6.69. The Bertz CT molecular complexity index is 1210. The molecule has 0 aliphatic carbocycles. The van der Waals surface area contributed by atoms with Crippen LogP contribution in [0.25, 0.3) is 11.5 Å². The third-order valence-electron chi connectivity index (χ3n) is 4.27. The fraction of sp³-hybridized carbons (Fsp3) is 0.238. The first-order valence-corrected chi connectivity index (χ1v) is 10.9. The van der Waals surface area contributed by atoms with Gasteiger partial charge in [-0.2, -0.15) is 5.26 Å². The number of nitrogens with one attached hydrogen (secondary N) is 1. The lowest BCUT2D eigenvalue weighted by molar-refractivity contribution is 0.0279. The van der Waals surface area contributed by atoms with E-state index in [9.17, 15) is 13.2 Å². The fourth-order valence-corrected chi connectivity index (χ4v) is 3.70. The second-order valence-corrected chi connectivity index (χ2v) is 8.46. The molecular weight excluding hydrogens is 420 g/mol. The minimum absolute atomic E-state index is 0.00879. The molecule has 1 N–H and O–H groups in total. The molecule has 31 heavy (non-hydrogen) atoms. The molecule has 0 saturated heterocycles. The molecule has 1 atom stereocenters. The van der Waals surface area contributed by atoms with Crippen LogP contribution in [0.15, 0.2) is 57.8 Å². The summed E-state index contributed by atoms with van der Waals surface area (Å²) in [6.07, 6.45) is -0.738. The van der Waals surface area contributed by atoms with Crippen molar-refractivity contribution < 1.29 is 22.4 Å². The summed E-state index contributed by atoms with van der Waals surface area (Å²) < 4.78 is 37.5. The number of esters is 1. The van der Waals surface area contributed by atoms with Gasteiger partial charge in [-0.3, -0.25) is 0 Å². The third kappa shape index (κ3) is 5.53. The minimum Gasteiger partial charge on any atom is -0.449 e. The van der Waals surface area contributed by atoms with Crippen molar-refractivity contribution in [2.24, 2.45) is 0 Å². The highest BCUT2D eigenvalue weighted by Gasteiger charge is 2.21. The van der Waals surface area contributed by atoms with E-state index in [4.69, 9.17) is 14.4 Å². The summed E-state index contributed by atoms with van der Waals surface area (Å²) in [5.41, 5.74) is 1.97. The zero-order valence-corrected chi connectivity index (χ0v) is 17.7. The van der Waals surface area contributed by atoms with Gasteiger partial charge >= 0.3 is 5.97 Å². The second kappa shape index (κ2) is 9.51. The highest BCUT2D eigenvalue weighted by atomic mass is 32.2. The van der Waals surface area contributed by atoms with Crippen LogP contribution in [0.1, 0.15) is 41.3 Å². The number of nitriles is 1. The summed E-state index contributed by atoms with van der Waals surface area (Å²) in [5.74, 6) is -0.199. The van der Waals surface area contributed by atoms with Gasteiger partial charge in [-0.05, 0) is 50.2 Å². The number of hydrogen-bond acceptors (Lipinski definition) is 8. The molecule has 3 aromatic rings.